The summed E-state index contributed by atoms with van der Waals surface area (Å²) in [5.74, 6) is 3.87. The first-order valence-electron chi connectivity index (χ1n) is 14.0. The van der Waals surface area contributed by atoms with E-state index in [0.717, 1.165) is 62.6 Å². The number of rotatable bonds is 6. The zero-order chi connectivity index (χ0) is 27.1. The number of oxime groups is 1. The highest BCUT2D eigenvalue weighted by atomic mass is 16.6. The molecule has 0 aromatic heterocycles. The normalized spacial score (nSPS) is 36.8. The van der Waals surface area contributed by atoms with Crippen LogP contribution in [0.5, 0.6) is 11.5 Å². The number of carbonyl (C=O) groups is 1. The summed E-state index contributed by atoms with van der Waals surface area (Å²) in [6, 6.07) is 4.62. The third-order valence-electron chi connectivity index (χ3n) is 10.5. The zero-order valence-electron chi connectivity index (χ0n) is 22.5. The molecule has 0 radical (unpaired) electrons. The van der Waals surface area contributed by atoms with Gasteiger partial charge in [0.25, 0.3) is 5.91 Å². The predicted octanol–water partition coefficient (Wildman–Crippen LogP) is 4.46. The predicted molar refractivity (Wildman–Crippen MR) is 145 cm³/mol. The molecule has 0 heterocycles. The molecule has 3 fully saturated rings. The molecule has 4 N–H and O–H groups in total. The third kappa shape index (κ3) is 4.47. The number of amides is 1. The molecule has 1 amide bonds. The molecule has 4 aliphatic carbocycles. The summed E-state index contributed by atoms with van der Waals surface area (Å²) in [6.45, 7) is 4.89. The molecule has 5 rings (SSSR count). The topological polar surface area (TPSA) is 111 Å². The van der Waals surface area contributed by atoms with Gasteiger partial charge in [-0.15, -0.1) is 6.42 Å². The minimum Gasteiger partial charge on any atom is -0.504 e. The second-order valence-corrected chi connectivity index (χ2v) is 12.3. The van der Waals surface area contributed by atoms with Gasteiger partial charge in [0.1, 0.15) is 5.60 Å². The van der Waals surface area contributed by atoms with Crippen molar-refractivity contribution in [3.8, 4) is 23.8 Å². The van der Waals surface area contributed by atoms with Crippen LogP contribution < -0.4 is 5.32 Å². The monoisotopic (exact) mass is 520 g/mol. The quantitative estimate of drug-likeness (QED) is 0.252. The van der Waals surface area contributed by atoms with Gasteiger partial charge in [-0.2, -0.15) is 0 Å². The molecule has 0 unspecified atom stereocenters. The molecule has 4 aliphatic rings. The Balaban J connectivity index is 1.15. The highest BCUT2D eigenvalue weighted by molar-refractivity contribution is 5.96. The number of hydrogen-bond donors (Lipinski definition) is 4. The highest BCUT2D eigenvalue weighted by Gasteiger charge is 2.63. The summed E-state index contributed by atoms with van der Waals surface area (Å²) in [4.78, 5) is 17.6. The number of terminal acetylenes is 1. The van der Waals surface area contributed by atoms with Crippen LogP contribution in [-0.2, 0) is 16.1 Å². The van der Waals surface area contributed by atoms with Crippen molar-refractivity contribution in [3.05, 3.63) is 35.4 Å². The van der Waals surface area contributed by atoms with Gasteiger partial charge >= 0.3 is 0 Å². The van der Waals surface area contributed by atoms with Gasteiger partial charge in [0.2, 0.25) is 0 Å². The number of carbonyl (C=O) groups excluding carboxylic acids is 1. The molecule has 6 atom stereocenters. The largest absolute Gasteiger partial charge is 0.504 e. The van der Waals surface area contributed by atoms with Gasteiger partial charge in [-0.1, -0.05) is 36.6 Å². The molecule has 1 aromatic carbocycles. The van der Waals surface area contributed by atoms with Gasteiger partial charge in [-0.3, -0.25) is 4.79 Å². The smallest absolute Gasteiger partial charge is 0.260 e. The fourth-order valence-corrected chi connectivity index (χ4v) is 8.19. The number of hydrogen-bond acceptors (Lipinski definition) is 6. The van der Waals surface area contributed by atoms with E-state index in [9.17, 15) is 20.1 Å². The maximum Gasteiger partial charge on any atom is 0.260 e. The molecule has 1 aromatic rings. The molecule has 204 valence electrons. The van der Waals surface area contributed by atoms with Crippen LogP contribution in [0.4, 0.5) is 0 Å². The average Bonchev–Trinajstić information content (AvgIpc) is 3.17. The van der Waals surface area contributed by atoms with Crippen molar-refractivity contribution in [2.24, 2.45) is 33.7 Å². The second-order valence-electron chi connectivity index (χ2n) is 12.3. The maximum absolute atomic E-state index is 12.2. The lowest BCUT2D eigenvalue weighted by Crippen LogP contribution is -2.54. The number of nitrogens with zero attached hydrogens (tertiary/aromatic N) is 1. The number of nitrogens with one attached hydrogen (secondary N) is 1. The summed E-state index contributed by atoms with van der Waals surface area (Å²) in [5, 5.41) is 37.2. The van der Waals surface area contributed by atoms with Crippen LogP contribution in [0.2, 0.25) is 0 Å². The van der Waals surface area contributed by atoms with Crippen LogP contribution in [0.1, 0.15) is 70.8 Å². The van der Waals surface area contributed by atoms with E-state index in [-0.39, 0.29) is 34.8 Å². The number of aromatic hydroxyl groups is 2. The Bertz CT molecular complexity index is 1200. The third-order valence-corrected chi connectivity index (χ3v) is 10.5. The average molecular weight is 521 g/mol. The molecule has 0 bridgehead atoms. The molecule has 0 aliphatic heterocycles. The van der Waals surface area contributed by atoms with E-state index < -0.39 is 5.60 Å². The first kappa shape index (κ1) is 26.6. The van der Waals surface area contributed by atoms with Crippen LogP contribution in [0.15, 0.2) is 35.0 Å². The minimum absolute atomic E-state index is 0.139. The van der Waals surface area contributed by atoms with Crippen molar-refractivity contribution in [1.29, 1.82) is 0 Å². The molecule has 7 heteroatoms. The van der Waals surface area contributed by atoms with Gasteiger partial charge < -0.3 is 25.5 Å². The lowest BCUT2D eigenvalue weighted by atomic mass is 9.46. The highest BCUT2D eigenvalue weighted by Crippen LogP contribution is 2.67. The van der Waals surface area contributed by atoms with E-state index >= 15 is 0 Å². The van der Waals surface area contributed by atoms with Crippen molar-refractivity contribution in [2.75, 3.05) is 13.2 Å². The first-order chi connectivity index (χ1) is 18.1. The number of phenols is 2. The van der Waals surface area contributed by atoms with E-state index in [1.54, 1.807) is 6.07 Å². The summed E-state index contributed by atoms with van der Waals surface area (Å²) < 4.78 is 0. The van der Waals surface area contributed by atoms with Crippen molar-refractivity contribution >= 4 is 11.6 Å². The van der Waals surface area contributed by atoms with Crippen molar-refractivity contribution in [1.82, 2.24) is 5.32 Å². The van der Waals surface area contributed by atoms with Gasteiger partial charge in [0.15, 0.2) is 18.1 Å². The molecular formula is C31H40N2O5. The van der Waals surface area contributed by atoms with E-state index in [2.05, 4.69) is 36.3 Å². The Kier molecular flexibility index (Phi) is 6.98. The van der Waals surface area contributed by atoms with Crippen LogP contribution >= 0.6 is 0 Å². The maximum atomic E-state index is 12.2. The summed E-state index contributed by atoms with van der Waals surface area (Å²) in [7, 11) is 0. The van der Waals surface area contributed by atoms with Gasteiger partial charge in [0.05, 0.1) is 5.71 Å². The van der Waals surface area contributed by atoms with Crippen molar-refractivity contribution in [2.45, 2.75) is 77.2 Å². The molecule has 0 saturated heterocycles. The summed E-state index contributed by atoms with van der Waals surface area (Å²) in [6.07, 6.45) is 16.4. The van der Waals surface area contributed by atoms with Crippen LogP contribution in [0.3, 0.4) is 0 Å². The first-order valence-corrected chi connectivity index (χ1v) is 14.0. The summed E-state index contributed by atoms with van der Waals surface area (Å²) >= 11 is 0. The number of aliphatic hydroxyl groups is 1. The number of phenolic OH excluding ortho intramolecular Hbond substituents is 2. The Morgan fingerprint density at radius 2 is 1.92 bits per heavy atom. The Labute approximate surface area is 225 Å². The SMILES string of the molecule is C#C[C@@]1(O)CC[C@H]2[C@H]3CCC4=CC(=NOCC(=O)NCCc5ccc(O)c(O)c5)CC[C@]4(C)[C@H]3CC[C@]21C. The molecule has 3 saturated carbocycles. The van der Waals surface area contributed by atoms with Crippen LogP contribution in [0.25, 0.3) is 0 Å². The van der Waals surface area contributed by atoms with Crippen LogP contribution in [0, 0.1) is 40.9 Å². The van der Waals surface area contributed by atoms with E-state index in [0.29, 0.717) is 30.7 Å². The standard InChI is InChI=1S/C31H40N2O5/c1-4-31(37)15-11-25-23-7-6-21-18-22(9-13-29(21,2)24(23)10-14-30(25,31)3)33-38-19-28(36)32-16-12-20-5-8-26(34)27(35)17-20/h1,5,8,17-18,23-25,34-35,37H,6-7,9-16,19H2,2-3H3,(H,32,36)/t23-,24-,25-,29-,30+,31+/m0/s1. The number of fused-ring (bicyclic) bond motifs is 5. The fraction of sp³-hybridized carbons (Fsp3) is 0.613. The van der Waals surface area contributed by atoms with E-state index in [1.165, 1.54) is 17.7 Å². The zero-order valence-corrected chi connectivity index (χ0v) is 22.5. The number of allylic oxidation sites excluding steroid dienone is 2. The van der Waals surface area contributed by atoms with Crippen molar-refractivity contribution < 1.29 is 25.0 Å². The van der Waals surface area contributed by atoms with E-state index in [1.807, 2.05) is 0 Å². The molecular weight excluding hydrogens is 480 g/mol. The van der Waals surface area contributed by atoms with Gasteiger partial charge in [-0.25, -0.2) is 0 Å². The lowest BCUT2D eigenvalue weighted by Gasteiger charge is -2.58. The molecule has 0 spiro atoms. The molecule has 7 nitrogen and oxygen atoms in total. The Morgan fingerprint density at radius 3 is 2.68 bits per heavy atom. The Morgan fingerprint density at radius 1 is 1.13 bits per heavy atom. The lowest BCUT2D eigenvalue weighted by molar-refractivity contribution is -0.125. The van der Waals surface area contributed by atoms with Gasteiger partial charge in [0, 0.05) is 12.0 Å². The minimum atomic E-state index is -0.968. The van der Waals surface area contributed by atoms with Gasteiger partial charge in [-0.05, 0) is 105 Å². The summed E-state index contributed by atoms with van der Waals surface area (Å²) in [5.41, 5.74) is 2.15. The van der Waals surface area contributed by atoms with Crippen LogP contribution in [-0.4, -0.2) is 45.7 Å². The number of benzene rings is 1. The second kappa shape index (κ2) is 9.96. The fourth-order valence-electron chi connectivity index (χ4n) is 8.19. The Hall–Kier alpha value is -2.98. The van der Waals surface area contributed by atoms with E-state index in [4.69, 9.17) is 11.3 Å². The van der Waals surface area contributed by atoms with Crippen molar-refractivity contribution in [3.63, 3.8) is 0 Å². The molecule has 38 heavy (non-hydrogen) atoms.